The molecule has 0 amide bonds. The van der Waals surface area contributed by atoms with Gasteiger partial charge in [0.05, 0.1) is 19.1 Å². The largest absolute Gasteiger partial charge is 0.497 e. The molecule has 94 valence electrons. The second-order valence-corrected chi connectivity index (χ2v) is 5.60. The lowest BCUT2D eigenvalue weighted by molar-refractivity contribution is -0.138. The summed E-state index contributed by atoms with van der Waals surface area (Å²) < 4.78 is 9.40. The van der Waals surface area contributed by atoms with Crippen LogP contribution in [0.15, 0.2) is 23.1 Å². The van der Waals surface area contributed by atoms with Crippen molar-refractivity contribution in [2.75, 3.05) is 14.2 Å². The molecule has 0 aliphatic rings. The van der Waals surface area contributed by atoms with Crippen LogP contribution < -0.4 is 9.47 Å². The Hall–Kier alpha value is -1.36. The lowest BCUT2D eigenvalue weighted by atomic mass is 10.2. The topological polar surface area (TPSA) is 55.8 Å². The standard InChI is InChI=1S/C12H16O4S/c1-12(2,11(13)14)17-10-7-8(15-3)5-6-9(10)16-4/h5-7H,1-4H3,(H,13,14). The Kier molecular flexibility index (Phi) is 4.28. The first kappa shape index (κ1) is 13.7. The van der Waals surface area contributed by atoms with Crippen LogP contribution in [0.1, 0.15) is 13.8 Å². The Labute approximate surface area is 105 Å². The molecule has 1 aromatic rings. The Balaban J connectivity index is 3.07. The minimum atomic E-state index is -0.917. The second-order valence-electron chi connectivity index (χ2n) is 3.93. The van der Waals surface area contributed by atoms with Crippen molar-refractivity contribution in [3.63, 3.8) is 0 Å². The Morgan fingerprint density at radius 3 is 2.41 bits per heavy atom. The Bertz CT molecular complexity index is 415. The number of benzene rings is 1. The van der Waals surface area contributed by atoms with Crippen LogP contribution in [0, 0.1) is 0 Å². The number of carbonyl (C=O) groups is 1. The smallest absolute Gasteiger partial charge is 0.319 e. The normalized spacial score (nSPS) is 11.1. The lowest BCUT2D eigenvalue weighted by Gasteiger charge is -2.20. The minimum absolute atomic E-state index is 0.644. The highest BCUT2D eigenvalue weighted by Crippen LogP contribution is 2.40. The van der Waals surface area contributed by atoms with E-state index in [9.17, 15) is 4.79 Å². The summed E-state index contributed by atoms with van der Waals surface area (Å²) in [4.78, 5) is 11.8. The molecule has 0 unspecified atom stereocenters. The quantitative estimate of drug-likeness (QED) is 0.821. The van der Waals surface area contributed by atoms with Crippen LogP contribution in [-0.2, 0) is 4.79 Å². The lowest BCUT2D eigenvalue weighted by Crippen LogP contribution is -2.26. The molecule has 0 aliphatic carbocycles. The summed E-state index contributed by atoms with van der Waals surface area (Å²) in [5.74, 6) is 0.451. The molecule has 1 aromatic carbocycles. The van der Waals surface area contributed by atoms with Gasteiger partial charge in [0.1, 0.15) is 16.2 Å². The molecule has 1 rings (SSSR count). The number of carboxylic acids is 1. The number of thioether (sulfide) groups is 1. The maximum absolute atomic E-state index is 11.1. The molecule has 0 atom stereocenters. The average molecular weight is 256 g/mol. The van der Waals surface area contributed by atoms with Gasteiger partial charge < -0.3 is 14.6 Å². The van der Waals surface area contributed by atoms with Gasteiger partial charge in [-0.2, -0.15) is 0 Å². The van der Waals surface area contributed by atoms with Gasteiger partial charge >= 0.3 is 5.97 Å². The van der Waals surface area contributed by atoms with Gasteiger partial charge in [-0.3, -0.25) is 4.79 Å². The highest BCUT2D eigenvalue weighted by molar-refractivity contribution is 8.01. The van der Waals surface area contributed by atoms with Crippen LogP contribution in [0.25, 0.3) is 0 Å². The van der Waals surface area contributed by atoms with Crippen molar-refractivity contribution < 1.29 is 19.4 Å². The molecule has 17 heavy (non-hydrogen) atoms. The SMILES string of the molecule is COc1ccc(OC)c(SC(C)(C)C(=O)O)c1. The summed E-state index contributed by atoms with van der Waals surface area (Å²) in [6.07, 6.45) is 0. The van der Waals surface area contributed by atoms with Gasteiger partial charge in [0.2, 0.25) is 0 Å². The molecule has 5 heteroatoms. The zero-order chi connectivity index (χ0) is 13.1. The summed E-state index contributed by atoms with van der Waals surface area (Å²) in [7, 11) is 3.12. The first-order valence-corrected chi connectivity index (χ1v) is 5.87. The highest BCUT2D eigenvalue weighted by atomic mass is 32.2. The van der Waals surface area contributed by atoms with Crippen molar-refractivity contribution >= 4 is 17.7 Å². The number of hydrogen-bond donors (Lipinski definition) is 1. The van der Waals surface area contributed by atoms with Crippen LogP contribution in [0.5, 0.6) is 11.5 Å². The minimum Gasteiger partial charge on any atom is -0.497 e. The van der Waals surface area contributed by atoms with Gasteiger partial charge in [0.25, 0.3) is 0 Å². The predicted molar refractivity (Wildman–Crippen MR) is 67.1 cm³/mol. The van der Waals surface area contributed by atoms with E-state index >= 15 is 0 Å². The van der Waals surface area contributed by atoms with Gasteiger partial charge in [-0.25, -0.2) is 0 Å². The Morgan fingerprint density at radius 2 is 1.94 bits per heavy atom. The van der Waals surface area contributed by atoms with Gasteiger partial charge in [-0.1, -0.05) is 0 Å². The van der Waals surface area contributed by atoms with Crippen LogP contribution in [0.3, 0.4) is 0 Å². The molecule has 0 saturated heterocycles. The third kappa shape index (κ3) is 3.30. The number of aliphatic carboxylic acids is 1. The fraction of sp³-hybridized carbons (Fsp3) is 0.417. The summed E-state index contributed by atoms with van der Waals surface area (Å²) in [5, 5.41) is 9.10. The van der Waals surface area contributed by atoms with Gasteiger partial charge in [-0.05, 0) is 32.0 Å². The number of rotatable bonds is 5. The summed E-state index contributed by atoms with van der Waals surface area (Å²) in [6.45, 7) is 3.30. The Morgan fingerprint density at radius 1 is 1.29 bits per heavy atom. The number of methoxy groups -OCH3 is 2. The van der Waals surface area contributed by atoms with Crippen LogP contribution in [0.4, 0.5) is 0 Å². The van der Waals surface area contributed by atoms with Crippen LogP contribution in [-0.4, -0.2) is 30.0 Å². The number of carboxylic acid groups (broad SMARTS) is 1. The number of hydrogen-bond acceptors (Lipinski definition) is 4. The van der Waals surface area contributed by atoms with Gasteiger partial charge in [0.15, 0.2) is 0 Å². The molecular weight excluding hydrogens is 240 g/mol. The van der Waals surface area contributed by atoms with E-state index in [1.165, 1.54) is 11.8 Å². The maximum atomic E-state index is 11.1. The fourth-order valence-electron chi connectivity index (χ4n) is 1.18. The van der Waals surface area contributed by atoms with Crippen molar-refractivity contribution in [2.45, 2.75) is 23.5 Å². The van der Waals surface area contributed by atoms with Crippen molar-refractivity contribution in [3.05, 3.63) is 18.2 Å². The second kappa shape index (κ2) is 5.31. The van der Waals surface area contributed by atoms with Crippen LogP contribution in [0.2, 0.25) is 0 Å². The molecule has 0 aromatic heterocycles. The van der Waals surface area contributed by atoms with Crippen molar-refractivity contribution in [1.82, 2.24) is 0 Å². The first-order chi connectivity index (χ1) is 7.90. The third-order valence-corrected chi connectivity index (χ3v) is 3.47. The van der Waals surface area contributed by atoms with E-state index in [1.54, 1.807) is 46.3 Å². The molecular formula is C12H16O4S. The molecule has 0 heterocycles. The van der Waals surface area contributed by atoms with E-state index in [0.717, 1.165) is 4.90 Å². The predicted octanol–water partition coefficient (Wildman–Crippen LogP) is 2.66. The first-order valence-electron chi connectivity index (χ1n) is 5.05. The summed E-state index contributed by atoms with van der Waals surface area (Å²) >= 11 is 1.23. The van der Waals surface area contributed by atoms with E-state index in [-0.39, 0.29) is 0 Å². The van der Waals surface area contributed by atoms with Gasteiger partial charge in [0, 0.05) is 0 Å². The molecule has 0 spiro atoms. The molecule has 1 N–H and O–H groups in total. The molecule has 4 nitrogen and oxygen atoms in total. The molecule has 0 fully saturated rings. The van der Waals surface area contributed by atoms with E-state index < -0.39 is 10.7 Å². The van der Waals surface area contributed by atoms with Crippen LogP contribution >= 0.6 is 11.8 Å². The zero-order valence-electron chi connectivity index (χ0n) is 10.3. The van der Waals surface area contributed by atoms with E-state index in [2.05, 4.69) is 0 Å². The number of ether oxygens (including phenoxy) is 2. The fourth-order valence-corrected chi connectivity index (χ4v) is 2.25. The van der Waals surface area contributed by atoms with E-state index in [0.29, 0.717) is 11.5 Å². The summed E-state index contributed by atoms with van der Waals surface area (Å²) in [6, 6.07) is 5.31. The van der Waals surface area contributed by atoms with Crippen molar-refractivity contribution in [2.24, 2.45) is 0 Å². The highest BCUT2D eigenvalue weighted by Gasteiger charge is 2.29. The van der Waals surface area contributed by atoms with Crippen molar-refractivity contribution in [1.29, 1.82) is 0 Å². The van der Waals surface area contributed by atoms with E-state index in [1.807, 2.05) is 0 Å². The molecule has 0 bridgehead atoms. The zero-order valence-corrected chi connectivity index (χ0v) is 11.1. The summed E-state index contributed by atoms with van der Waals surface area (Å²) in [5.41, 5.74) is 0. The molecule has 0 aliphatic heterocycles. The molecule has 0 saturated carbocycles. The monoisotopic (exact) mass is 256 g/mol. The van der Waals surface area contributed by atoms with Gasteiger partial charge in [-0.15, -0.1) is 11.8 Å². The van der Waals surface area contributed by atoms with E-state index in [4.69, 9.17) is 14.6 Å². The average Bonchev–Trinajstić information content (AvgIpc) is 2.28. The third-order valence-electron chi connectivity index (χ3n) is 2.25. The maximum Gasteiger partial charge on any atom is 0.319 e. The van der Waals surface area contributed by atoms with Crippen molar-refractivity contribution in [3.8, 4) is 11.5 Å². The molecule has 0 radical (unpaired) electrons.